The lowest BCUT2D eigenvalue weighted by Gasteiger charge is -2.39. The Morgan fingerprint density at radius 2 is 2.50 bits per heavy atom. The van der Waals surface area contributed by atoms with Crippen molar-refractivity contribution in [3.63, 3.8) is 0 Å². The number of hydrogen-bond donors (Lipinski definition) is 2. The van der Waals surface area contributed by atoms with Crippen LogP contribution in [0.1, 0.15) is 31.1 Å². The Balaban J connectivity index is 1.74. The van der Waals surface area contributed by atoms with Gasteiger partial charge in [-0.1, -0.05) is 0 Å². The molecule has 3 unspecified atom stereocenters. The average molecular weight is 251 g/mol. The molecule has 0 aliphatic carbocycles. The highest BCUT2D eigenvalue weighted by atomic mass is 16.6. The van der Waals surface area contributed by atoms with Gasteiger partial charge in [0.25, 0.3) is 0 Å². The van der Waals surface area contributed by atoms with E-state index in [9.17, 15) is 0 Å². The molecule has 3 heterocycles. The third kappa shape index (κ3) is 2.18. The normalized spacial score (nSPS) is 33.9. The maximum absolute atomic E-state index is 5.99. The second-order valence-corrected chi connectivity index (χ2v) is 5.33. The van der Waals surface area contributed by atoms with E-state index >= 15 is 0 Å². The molecule has 3 atom stereocenters. The number of H-pyrrole nitrogens is 1. The number of nitrogens with zero attached hydrogens (tertiary/aromatic N) is 1. The molecule has 2 N–H and O–H groups in total. The van der Waals surface area contributed by atoms with E-state index in [0.29, 0.717) is 5.92 Å². The Morgan fingerprint density at radius 1 is 1.56 bits per heavy atom. The molecule has 1 aromatic heterocycles. The second-order valence-electron chi connectivity index (χ2n) is 5.33. The molecule has 1 spiro atoms. The van der Waals surface area contributed by atoms with Gasteiger partial charge in [0.15, 0.2) is 0 Å². The smallest absolute Gasteiger partial charge is 0.123 e. The van der Waals surface area contributed by atoms with Gasteiger partial charge in [-0.3, -0.25) is 0 Å². The van der Waals surface area contributed by atoms with Gasteiger partial charge in [0.05, 0.1) is 18.2 Å². The summed E-state index contributed by atoms with van der Waals surface area (Å²) in [5, 5.41) is 3.39. The zero-order valence-corrected chi connectivity index (χ0v) is 10.8. The van der Waals surface area contributed by atoms with E-state index in [1.54, 1.807) is 0 Å². The van der Waals surface area contributed by atoms with E-state index in [1.807, 2.05) is 19.4 Å². The molecule has 0 amide bonds. The molecule has 2 saturated heterocycles. The molecule has 2 aliphatic heterocycles. The van der Waals surface area contributed by atoms with Crippen molar-refractivity contribution in [2.24, 2.45) is 5.92 Å². The molecule has 2 fully saturated rings. The fourth-order valence-electron chi connectivity index (χ4n) is 3.26. The summed E-state index contributed by atoms with van der Waals surface area (Å²) < 4.78 is 11.5. The average Bonchev–Trinajstić information content (AvgIpc) is 3.03. The minimum Gasteiger partial charge on any atom is -0.378 e. The lowest BCUT2D eigenvalue weighted by Crippen LogP contribution is -2.43. The van der Waals surface area contributed by atoms with Crippen molar-refractivity contribution in [2.45, 2.75) is 30.9 Å². The highest BCUT2D eigenvalue weighted by molar-refractivity contribution is 5.02. The SMILES string of the molecule is CNC(c1ncc[nH]1)C1CCOC2(CCOC2)C1. The minimum atomic E-state index is -0.0371. The van der Waals surface area contributed by atoms with Crippen LogP contribution in [0.15, 0.2) is 12.4 Å². The van der Waals surface area contributed by atoms with Crippen LogP contribution >= 0.6 is 0 Å². The van der Waals surface area contributed by atoms with Crippen molar-refractivity contribution in [1.29, 1.82) is 0 Å². The predicted octanol–water partition coefficient (Wildman–Crippen LogP) is 1.26. The number of aromatic nitrogens is 2. The fourth-order valence-corrected chi connectivity index (χ4v) is 3.26. The van der Waals surface area contributed by atoms with E-state index in [2.05, 4.69) is 15.3 Å². The molecule has 0 bridgehead atoms. The van der Waals surface area contributed by atoms with Gasteiger partial charge >= 0.3 is 0 Å². The van der Waals surface area contributed by atoms with Gasteiger partial charge in [-0.2, -0.15) is 0 Å². The zero-order valence-electron chi connectivity index (χ0n) is 10.8. The molecule has 3 rings (SSSR count). The van der Waals surface area contributed by atoms with Gasteiger partial charge in [0.2, 0.25) is 0 Å². The van der Waals surface area contributed by atoms with Crippen LogP contribution in [0.5, 0.6) is 0 Å². The number of hydrogen-bond acceptors (Lipinski definition) is 4. The third-order valence-electron chi connectivity index (χ3n) is 4.19. The minimum absolute atomic E-state index is 0.0371. The lowest BCUT2D eigenvalue weighted by atomic mass is 9.81. The van der Waals surface area contributed by atoms with Crippen LogP contribution in [0, 0.1) is 5.92 Å². The van der Waals surface area contributed by atoms with Crippen LogP contribution in [-0.4, -0.2) is 42.4 Å². The third-order valence-corrected chi connectivity index (χ3v) is 4.19. The topological polar surface area (TPSA) is 59.2 Å². The monoisotopic (exact) mass is 251 g/mol. The van der Waals surface area contributed by atoms with Crippen LogP contribution in [-0.2, 0) is 9.47 Å². The molecule has 5 heteroatoms. The van der Waals surface area contributed by atoms with Crippen LogP contribution in [0.25, 0.3) is 0 Å². The molecule has 0 saturated carbocycles. The molecule has 0 aromatic carbocycles. The molecule has 1 aromatic rings. The molecule has 2 aliphatic rings. The fraction of sp³-hybridized carbons (Fsp3) is 0.769. The lowest BCUT2D eigenvalue weighted by molar-refractivity contribution is -0.103. The first kappa shape index (κ1) is 12.1. The van der Waals surface area contributed by atoms with E-state index < -0.39 is 0 Å². The summed E-state index contributed by atoms with van der Waals surface area (Å²) in [6.45, 7) is 2.41. The Morgan fingerprint density at radius 3 is 3.17 bits per heavy atom. The number of aromatic amines is 1. The second kappa shape index (κ2) is 4.99. The molecule has 0 radical (unpaired) electrons. The van der Waals surface area contributed by atoms with Gasteiger partial charge < -0.3 is 19.8 Å². The standard InChI is InChI=1S/C13H21N3O2/c1-14-11(12-15-4-5-16-12)10-2-6-18-13(8-10)3-7-17-9-13/h4-5,10-11,14H,2-3,6-9H2,1H3,(H,15,16). The maximum Gasteiger partial charge on any atom is 0.123 e. The van der Waals surface area contributed by atoms with Crippen LogP contribution in [0.4, 0.5) is 0 Å². The summed E-state index contributed by atoms with van der Waals surface area (Å²) in [6.07, 6.45) is 6.85. The molecule has 100 valence electrons. The summed E-state index contributed by atoms with van der Waals surface area (Å²) in [5.41, 5.74) is -0.0371. The van der Waals surface area contributed by atoms with E-state index in [-0.39, 0.29) is 11.6 Å². The van der Waals surface area contributed by atoms with Crippen molar-refractivity contribution in [1.82, 2.24) is 15.3 Å². The summed E-state index contributed by atoms with van der Waals surface area (Å²) in [6, 6.07) is 0.279. The Kier molecular flexibility index (Phi) is 3.37. The first-order chi connectivity index (χ1) is 8.83. The number of nitrogens with one attached hydrogen (secondary N) is 2. The highest BCUT2D eigenvalue weighted by Crippen LogP contribution is 2.40. The number of ether oxygens (including phenoxy) is 2. The van der Waals surface area contributed by atoms with Crippen molar-refractivity contribution < 1.29 is 9.47 Å². The zero-order chi connectivity index (χ0) is 12.4. The largest absolute Gasteiger partial charge is 0.378 e. The van der Waals surface area contributed by atoms with Gasteiger partial charge in [-0.25, -0.2) is 4.98 Å². The molecular formula is C13H21N3O2. The van der Waals surface area contributed by atoms with Gasteiger partial charge in [0, 0.05) is 32.0 Å². The first-order valence-corrected chi connectivity index (χ1v) is 6.71. The summed E-state index contributed by atoms with van der Waals surface area (Å²) in [4.78, 5) is 7.61. The number of rotatable bonds is 3. The maximum atomic E-state index is 5.99. The van der Waals surface area contributed by atoms with Gasteiger partial charge in [-0.15, -0.1) is 0 Å². The Bertz CT molecular complexity index is 374. The van der Waals surface area contributed by atoms with E-state index in [1.165, 1.54) is 0 Å². The molecule has 18 heavy (non-hydrogen) atoms. The van der Waals surface area contributed by atoms with Crippen molar-refractivity contribution in [3.05, 3.63) is 18.2 Å². The van der Waals surface area contributed by atoms with Crippen molar-refractivity contribution in [3.8, 4) is 0 Å². The Hall–Kier alpha value is -0.910. The van der Waals surface area contributed by atoms with Crippen LogP contribution in [0.3, 0.4) is 0 Å². The predicted molar refractivity (Wildman–Crippen MR) is 67.2 cm³/mol. The van der Waals surface area contributed by atoms with Crippen molar-refractivity contribution in [2.75, 3.05) is 26.9 Å². The van der Waals surface area contributed by atoms with Crippen LogP contribution in [0.2, 0.25) is 0 Å². The summed E-state index contributed by atoms with van der Waals surface area (Å²) in [5.74, 6) is 1.58. The van der Waals surface area contributed by atoms with Crippen molar-refractivity contribution >= 4 is 0 Å². The van der Waals surface area contributed by atoms with E-state index in [0.717, 1.165) is 44.9 Å². The summed E-state index contributed by atoms with van der Waals surface area (Å²) in [7, 11) is 2.00. The van der Waals surface area contributed by atoms with Crippen LogP contribution < -0.4 is 5.32 Å². The Labute approximate surface area is 107 Å². The number of imidazole rings is 1. The summed E-state index contributed by atoms with van der Waals surface area (Å²) >= 11 is 0. The highest BCUT2D eigenvalue weighted by Gasteiger charge is 2.43. The molecule has 5 nitrogen and oxygen atoms in total. The van der Waals surface area contributed by atoms with Gasteiger partial charge in [0.1, 0.15) is 5.82 Å². The van der Waals surface area contributed by atoms with Gasteiger partial charge in [-0.05, 0) is 25.8 Å². The van der Waals surface area contributed by atoms with E-state index in [4.69, 9.17) is 9.47 Å². The quantitative estimate of drug-likeness (QED) is 0.849. The first-order valence-electron chi connectivity index (χ1n) is 6.71. The molecular weight excluding hydrogens is 230 g/mol.